The highest BCUT2D eigenvalue weighted by Crippen LogP contribution is 2.01. The average Bonchev–Trinajstić information content (AvgIpc) is 2.69. The first-order chi connectivity index (χ1) is 6.86. The number of carbonyl (C=O) groups excluding carboxylic acids is 1. The van der Waals surface area contributed by atoms with Crippen molar-refractivity contribution in [2.24, 2.45) is 0 Å². The fourth-order valence-electron chi connectivity index (χ4n) is 1.43. The molecule has 6 heteroatoms. The largest absolute Gasteiger partial charge is 0.343 e. The van der Waals surface area contributed by atoms with Crippen molar-refractivity contribution in [1.82, 2.24) is 20.4 Å². The molecule has 0 aromatic carbocycles. The van der Waals surface area contributed by atoms with E-state index in [0.29, 0.717) is 18.8 Å². The minimum absolute atomic E-state index is 0.000236. The molecule has 2 amide bonds. The van der Waals surface area contributed by atoms with Crippen molar-refractivity contribution in [3.63, 3.8) is 0 Å². The van der Waals surface area contributed by atoms with Gasteiger partial charge >= 0.3 is 6.03 Å². The maximum atomic E-state index is 11.3. The lowest BCUT2D eigenvalue weighted by molar-refractivity contribution is 0.186. The molecule has 76 valence electrons. The van der Waals surface area contributed by atoms with E-state index in [1.165, 1.54) is 6.39 Å². The second kappa shape index (κ2) is 4.08. The van der Waals surface area contributed by atoms with Gasteiger partial charge in [-0.05, 0) is 6.42 Å². The van der Waals surface area contributed by atoms with E-state index in [9.17, 15) is 4.79 Å². The molecule has 1 aliphatic heterocycles. The molecule has 0 radical (unpaired) electrons. The number of carbonyl (C=O) groups is 1. The molecule has 0 bridgehead atoms. The average molecular weight is 196 g/mol. The quantitative estimate of drug-likeness (QED) is 0.740. The van der Waals surface area contributed by atoms with Gasteiger partial charge in [0.05, 0.1) is 0 Å². The number of hydrogen-bond acceptors (Lipinski definition) is 4. The molecule has 2 heterocycles. The number of nitrogens with zero attached hydrogens (tertiary/aromatic N) is 3. The summed E-state index contributed by atoms with van der Waals surface area (Å²) in [5, 5.41) is 6.47. The first-order valence-electron chi connectivity index (χ1n) is 4.64. The van der Waals surface area contributed by atoms with Crippen LogP contribution in [0.3, 0.4) is 0 Å². The van der Waals surface area contributed by atoms with Crippen LogP contribution in [0.15, 0.2) is 10.9 Å². The van der Waals surface area contributed by atoms with Crippen molar-refractivity contribution in [2.75, 3.05) is 19.6 Å². The van der Waals surface area contributed by atoms with E-state index in [1.807, 2.05) is 0 Å². The normalized spacial score (nSPS) is 16.9. The molecule has 0 atom stereocenters. The smallest absolute Gasteiger partial charge is 0.317 e. The van der Waals surface area contributed by atoms with E-state index in [-0.39, 0.29) is 6.03 Å². The van der Waals surface area contributed by atoms with Crippen LogP contribution in [-0.2, 0) is 6.42 Å². The van der Waals surface area contributed by atoms with E-state index in [4.69, 9.17) is 0 Å². The summed E-state index contributed by atoms with van der Waals surface area (Å²) >= 11 is 0. The maximum Gasteiger partial charge on any atom is 0.317 e. The molecule has 2 rings (SSSR count). The zero-order chi connectivity index (χ0) is 9.80. The van der Waals surface area contributed by atoms with Gasteiger partial charge in [0.15, 0.2) is 5.82 Å². The molecule has 1 aromatic rings. The fraction of sp³-hybridized carbons (Fsp3) is 0.625. The van der Waals surface area contributed by atoms with Crippen molar-refractivity contribution in [3.8, 4) is 0 Å². The van der Waals surface area contributed by atoms with Crippen LogP contribution in [0.4, 0.5) is 4.79 Å². The van der Waals surface area contributed by atoms with E-state index in [2.05, 4.69) is 20.0 Å². The van der Waals surface area contributed by atoms with Crippen LogP contribution in [0.2, 0.25) is 0 Å². The Kier molecular flexibility index (Phi) is 2.62. The molecule has 1 saturated heterocycles. The van der Waals surface area contributed by atoms with Gasteiger partial charge in [0.25, 0.3) is 0 Å². The molecule has 1 aliphatic rings. The molecule has 0 saturated carbocycles. The topological polar surface area (TPSA) is 71.3 Å². The van der Waals surface area contributed by atoms with Gasteiger partial charge < -0.3 is 14.7 Å². The minimum Gasteiger partial charge on any atom is -0.343 e. The van der Waals surface area contributed by atoms with Crippen LogP contribution in [0.5, 0.6) is 0 Å². The lowest BCUT2D eigenvalue weighted by Gasteiger charge is -2.26. The van der Waals surface area contributed by atoms with E-state index in [0.717, 1.165) is 19.5 Å². The molecule has 0 spiro atoms. The third kappa shape index (κ3) is 2.01. The SMILES string of the molecule is O=C1NCCCN1CCc1ncon1. The van der Waals surface area contributed by atoms with Crippen LogP contribution in [0.25, 0.3) is 0 Å². The molecule has 0 aliphatic carbocycles. The summed E-state index contributed by atoms with van der Waals surface area (Å²) in [6.07, 6.45) is 2.94. The van der Waals surface area contributed by atoms with Crippen molar-refractivity contribution in [3.05, 3.63) is 12.2 Å². The van der Waals surface area contributed by atoms with Gasteiger partial charge in [-0.2, -0.15) is 4.98 Å². The summed E-state index contributed by atoms with van der Waals surface area (Å²) in [6.45, 7) is 2.23. The third-order valence-electron chi connectivity index (χ3n) is 2.18. The first-order valence-corrected chi connectivity index (χ1v) is 4.64. The highest BCUT2D eigenvalue weighted by Gasteiger charge is 2.17. The van der Waals surface area contributed by atoms with Crippen molar-refractivity contribution in [1.29, 1.82) is 0 Å². The minimum atomic E-state index is -0.000236. The predicted molar refractivity (Wildman–Crippen MR) is 47.6 cm³/mol. The van der Waals surface area contributed by atoms with Gasteiger partial charge in [0.1, 0.15) is 0 Å². The number of nitrogens with one attached hydrogen (secondary N) is 1. The van der Waals surface area contributed by atoms with Gasteiger partial charge in [-0.3, -0.25) is 0 Å². The van der Waals surface area contributed by atoms with Gasteiger partial charge in [-0.25, -0.2) is 4.79 Å². The van der Waals surface area contributed by atoms with Gasteiger partial charge in [0.2, 0.25) is 6.39 Å². The van der Waals surface area contributed by atoms with Crippen LogP contribution < -0.4 is 5.32 Å². The number of hydrogen-bond donors (Lipinski definition) is 1. The van der Waals surface area contributed by atoms with Crippen LogP contribution in [0.1, 0.15) is 12.2 Å². The van der Waals surface area contributed by atoms with Crippen LogP contribution >= 0.6 is 0 Å². The molecule has 0 unspecified atom stereocenters. The lowest BCUT2D eigenvalue weighted by Crippen LogP contribution is -2.47. The fourth-order valence-corrected chi connectivity index (χ4v) is 1.43. The van der Waals surface area contributed by atoms with Crippen molar-refractivity contribution in [2.45, 2.75) is 12.8 Å². The van der Waals surface area contributed by atoms with Gasteiger partial charge in [-0.15, -0.1) is 0 Å². The third-order valence-corrected chi connectivity index (χ3v) is 2.18. The summed E-state index contributed by atoms with van der Waals surface area (Å²) in [7, 11) is 0. The molecule has 6 nitrogen and oxygen atoms in total. The maximum absolute atomic E-state index is 11.3. The molecule has 1 N–H and O–H groups in total. The molecular formula is C8H12N4O2. The highest BCUT2D eigenvalue weighted by atomic mass is 16.5. The van der Waals surface area contributed by atoms with E-state index >= 15 is 0 Å². The Morgan fingerprint density at radius 2 is 2.57 bits per heavy atom. The standard InChI is InChI=1S/C8H12N4O2/c13-8-9-3-1-4-12(8)5-2-7-10-6-14-11-7/h6H,1-5H2,(H,9,13). The molecule has 1 fully saturated rings. The number of rotatable bonds is 3. The molecular weight excluding hydrogens is 184 g/mol. The Morgan fingerprint density at radius 3 is 3.29 bits per heavy atom. The molecule has 14 heavy (non-hydrogen) atoms. The summed E-state index contributed by atoms with van der Waals surface area (Å²) in [6, 6.07) is -0.000236. The zero-order valence-electron chi connectivity index (χ0n) is 7.77. The number of amides is 2. The molecule has 1 aromatic heterocycles. The first kappa shape index (κ1) is 8.98. The number of aromatic nitrogens is 2. The second-order valence-electron chi connectivity index (χ2n) is 3.17. The summed E-state index contributed by atoms with van der Waals surface area (Å²) in [5.41, 5.74) is 0. The highest BCUT2D eigenvalue weighted by molar-refractivity contribution is 5.74. The summed E-state index contributed by atoms with van der Waals surface area (Å²) in [5.74, 6) is 0.642. The monoisotopic (exact) mass is 196 g/mol. The Balaban J connectivity index is 1.82. The Hall–Kier alpha value is -1.59. The lowest BCUT2D eigenvalue weighted by atomic mass is 10.3. The van der Waals surface area contributed by atoms with Gasteiger partial charge in [0, 0.05) is 26.1 Å². The Morgan fingerprint density at radius 1 is 1.64 bits per heavy atom. The second-order valence-corrected chi connectivity index (χ2v) is 3.17. The Bertz CT molecular complexity index is 298. The van der Waals surface area contributed by atoms with Crippen molar-refractivity contribution >= 4 is 6.03 Å². The van der Waals surface area contributed by atoms with Gasteiger partial charge in [-0.1, -0.05) is 5.16 Å². The van der Waals surface area contributed by atoms with E-state index in [1.54, 1.807) is 4.90 Å². The van der Waals surface area contributed by atoms with Crippen LogP contribution in [-0.4, -0.2) is 40.7 Å². The van der Waals surface area contributed by atoms with Crippen molar-refractivity contribution < 1.29 is 9.32 Å². The summed E-state index contributed by atoms with van der Waals surface area (Å²) in [4.78, 5) is 17.0. The summed E-state index contributed by atoms with van der Waals surface area (Å²) < 4.78 is 4.60. The Labute approximate surface area is 81.3 Å². The zero-order valence-corrected chi connectivity index (χ0v) is 7.77. The number of urea groups is 1. The van der Waals surface area contributed by atoms with Crippen LogP contribution in [0, 0.1) is 0 Å². The van der Waals surface area contributed by atoms with E-state index < -0.39 is 0 Å². The predicted octanol–water partition coefficient (Wildman–Crippen LogP) is 0.0274.